The normalized spacial score (nSPS) is 10.4. The number of para-hydroxylation sites is 1. The van der Waals surface area contributed by atoms with Gasteiger partial charge in [0, 0.05) is 23.2 Å². The Morgan fingerprint density at radius 3 is 3.00 bits per heavy atom. The first-order valence-electron chi connectivity index (χ1n) is 5.55. The zero-order valence-corrected chi connectivity index (χ0v) is 10.5. The number of ether oxygens (including phenoxy) is 1. The number of hydrogen-bond donors (Lipinski definition) is 1. The van der Waals surface area contributed by atoms with Crippen molar-refractivity contribution in [1.29, 1.82) is 0 Å². The van der Waals surface area contributed by atoms with Gasteiger partial charge in [-0.25, -0.2) is 0 Å². The highest BCUT2D eigenvalue weighted by Gasteiger charge is 2.02. The molecule has 90 valence electrons. The Morgan fingerprint density at radius 1 is 1.35 bits per heavy atom. The minimum atomic E-state index is 0.634. The number of nitrogens with one attached hydrogen (secondary N) is 1. The second kappa shape index (κ2) is 6.32. The number of anilines is 1. The SMILES string of the molecule is CCOCc1ccccc1NCc1csnn1. The van der Waals surface area contributed by atoms with Crippen LogP contribution in [0, 0.1) is 0 Å². The topological polar surface area (TPSA) is 47.0 Å². The Kier molecular flexibility index (Phi) is 4.46. The van der Waals surface area contributed by atoms with Crippen molar-refractivity contribution in [2.45, 2.75) is 20.1 Å². The van der Waals surface area contributed by atoms with E-state index in [4.69, 9.17) is 4.74 Å². The van der Waals surface area contributed by atoms with Gasteiger partial charge in [0.05, 0.1) is 18.8 Å². The molecule has 0 spiro atoms. The summed E-state index contributed by atoms with van der Waals surface area (Å²) in [5.74, 6) is 0. The van der Waals surface area contributed by atoms with Gasteiger partial charge in [0.25, 0.3) is 0 Å². The van der Waals surface area contributed by atoms with Crippen LogP contribution in [0.25, 0.3) is 0 Å². The molecule has 0 unspecified atom stereocenters. The summed E-state index contributed by atoms with van der Waals surface area (Å²) < 4.78 is 9.26. The molecule has 0 atom stereocenters. The van der Waals surface area contributed by atoms with Gasteiger partial charge in [-0.3, -0.25) is 0 Å². The van der Waals surface area contributed by atoms with Crippen LogP contribution < -0.4 is 5.32 Å². The summed E-state index contributed by atoms with van der Waals surface area (Å²) in [6.45, 7) is 4.05. The van der Waals surface area contributed by atoms with Crippen LogP contribution in [0.4, 0.5) is 5.69 Å². The first-order chi connectivity index (χ1) is 8.40. The Labute approximate surface area is 105 Å². The summed E-state index contributed by atoms with van der Waals surface area (Å²) in [4.78, 5) is 0. The average Bonchev–Trinajstić information content (AvgIpc) is 2.88. The number of rotatable bonds is 6. The third-order valence-electron chi connectivity index (χ3n) is 2.34. The van der Waals surface area contributed by atoms with E-state index in [0.29, 0.717) is 13.2 Å². The first-order valence-corrected chi connectivity index (χ1v) is 6.39. The minimum absolute atomic E-state index is 0.634. The molecule has 1 aromatic carbocycles. The number of hydrogen-bond acceptors (Lipinski definition) is 5. The molecule has 0 bridgehead atoms. The zero-order valence-electron chi connectivity index (χ0n) is 9.72. The van der Waals surface area contributed by atoms with Crippen LogP contribution in [0.2, 0.25) is 0 Å². The maximum absolute atomic E-state index is 5.43. The molecule has 17 heavy (non-hydrogen) atoms. The fourth-order valence-corrected chi connectivity index (χ4v) is 1.93. The van der Waals surface area contributed by atoms with E-state index in [9.17, 15) is 0 Å². The highest BCUT2D eigenvalue weighted by atomic mass is 32.1. The molecule has 5 heteroatoms. The summed E-state index contributed by atoms with van der Waals surface area (Å²) in [5, 5.41) is 9.29. The van der Waals surface area contributed by atoms with Gasteiger partial charge >= 0.3 is 0 Å². The van der Waals surface area contributed by atoms with Crippen LogP contribution in [0.5, 0.6) is 0 Å². The van der Waals surface area contributed by atoms with E-state index < -0.39 is 0 Å². The molecule has 0 aliphatic heterocycles. The van der Waals surface area contributed by atoms with E-state index in [2.05, 4.69) is 21.0 Å². The Bertz CT molecular complexity index is 445. The lowest BCUT2D eigenvalue weighted by Gasteiger charge is -2.10. The molecular weight excluding hydrogens is 234 g/mol. The van der Waals surface area contributed by atoms with Crippen molar-refractivity contribution in [1.82, 2.24) is 9.59 Å². The van der Waals surface area contributed by atoms with Crippen molar-refractivity contribution in [2.24, 2.45) is 0 Å². The fourth-order valence-electron chi connectivity index (χ4n) is 1.48. The lowest BCUT2D eigenvalue weighted by atomic mass is 10.2. The van der Waals surface area contributed by atoms with Gasteiger partial charge in [-0.1, -0.05) is 22.7 Å². The van der Waals surface area contributed by atoms with Crippen LogP contribution in [-0.4, -0.2) is 16.2 Å². The molecule has 0 saturated heterocycles. The predicted octanol–water partition coefficient (Wildman–Crippen LogP) is 2.69. The molecule has 0 fully saturated rings. The zero-order chi connectivity index (χ0) is 11.9. The van der Waals surface area contributed by atoms with Crippen LogP contribution >= 0.6 is 11.5 Å². The molecule has 4 nitrogen and oxygen atoms in total. The van der Waals surface area contributed by atoms with E-state index in [0.717, 1.165) is 23.6 Å². The Hall–Kier alpha value is -1.46. The van der Waals surface area contributed by atoms with Gasteiger partial charge in [-0.2, -0.15) is 0 Å². The highest BCUT2D eigenvalue weighted by molar-refractivity contribution is 7.03. The molecule has 2 aromatic rings. The van der Waals surface area contributed by atoms with Gasteiger partial charge in [-0.15, -0.1) is 5.10 Å². The number of aromatic nitrogens is 2. The molecule has 0 radical (unpaired) electrons. The highest BCUT2D eigenvalue weighted by Crippen LogP contribution is 2.16. The summed E-state index contributed by atoms with van der Waals surface area (Å²) in [7, 11) is 0. The lowest BCUT2D eigenvalue weighted by molar-refractivity contribution is 0.134. The average molecular weight is 249 g/mol. The summed E-state index contributed by atoms with van der Waals surface area (Å²) >= 11 is 1.37. The monoisotopic (exact) mass is 249 g/mol. The van der Waals surface area contributed by atoms with E-state index in [1.165, 1.54) is 11.5 Å². The predicted molar refractivity (Wildman–Crippen MR) is 69.0 cm³/mol. The standard InChI is InChI=1S/C12H15N3OS/c1-2-16-8-10-5-3-4-6-12(10)13-7-11-9-17-15-14-11/h3-6,9,13H,2,7-8H2,1H3. The van der Waals surface area contributed by atoms with Crippen molar-refractivity contribution in [3.63, 3.8) is 0 Å². The fraction of sp³-hybridized carbons (Fsp3) is 0.333. The molecule has 0 aliphatic carbocycles. The first kappa shape index (κ1) is 12.0. The maximum Gasteiger partial charge on any atom is 0.0946 e. The minimum Gasteiger partial charge on any atom is -0.379 e. The van der Waals surface area contributed by atoms with E-state index in [1.807, 2.05) is 30.5 Å². The second-order valence-corrected chi connectivity index (χ2v) is 4.15. The molecule has 0 aliphatic rings. The third-order valence-corrected chi connectivity index (χ3v) is 2.90. The van der Waals surface area contributed by atoms with Gasteiger partial charge < -0.3 is 10.1 Å². The quantitative estimate of drug-likeness (QED) is 0.855. The molecule has 1 N–H and O–H groups in total. The Morgan fingerprint density at radius 2 is 2.24 bits per heavy atom. The van der Waals surface area contributed by atoms with Crippen LogP contribution in [-0.2, 0) is 17.9 Å². The molecule has 1 aromatic heterocycles. The Balaban J connectivity index is 1.99. The van der Waals surface area contributed by atoms with E-state index >= 15 is 0 Å². The number of nitrogens with zero attached hydrogens (tertiary/aromatic N) is 2. The smallest absolute Gasteiger partial charge is 0.0946 e. The molecule has 1 heterocycles. The van der Waals surface area contributed by atoms with Crippen LogP contribution in [0.15, 0.2) is 29.6 Å². The molecule has 2 rings (SSSR count). The van der Waals surface area contributed by atoms with E-state index in [-0.39, 0.29) is 0 Å². The lowest BCUT2D eigenvalue weighted by Crippen LogP contribution is -2.03. The van der Waals surface area contributed by atoms with E-state index in [1.54, 1.807) is 0 Å². The van der Waals surface area contributed by atoms with Gasteiger partial charge in [0.1, 0.15) is 0 Å². The van der Waals surface area contributed by atoms with Crippen LogP contribution in [0.1, 0.15) is 18.2 Å². The number of benzene rings is 1. The van der Waals surface area contributed by atoms with Crippen molar-refractivity contribution < 1.29 is 4.74 Å². The maximum atomic E-state index is 5.43. The van der Waals surface area contributed by atoms with Gasteiger partial charge in [-0.05, 0) is 24.5 Å². The third kappa shape index (κ3) is 3.51. The van der Waals surface area contributed by atoms with Gasteiger partial charge in [0.15, 0.2) is 0 Å². The molecule has 0 amide bonds. The van der Waals surface area contributed by atoms with Crippen LogP contribution in [0.3, 0.4) is 0 Å². The van der Waals surface area contributed by atoms with Crippen molar-refractivity contribution in [3.8, 4) is 0 Å². The van der Waals surface area contributed by atoms with Crippen molar-refractivity contribution >= 4 is 17.2 Å². The van der Waals surface area contributed by atoms with Gasteiger partial charge in [0.2, 0.25) is 0 Å². The summed E-state index contributed by atoms with van der Waals surface area (Å²) in [5.41, 5.74) is 3.22. The summed E-state index contributed by atoms with van der Waals surface area (Å²) in [6, 6.07) is 8.15. The van der Waals surface area contributed by atoms with Crippen molar-refractivity contribution in [2.75, 3.05) is 11.9 Å². The molecular formula is C12H15N3OS. The molecule has 0 saturated carbocycles. The summed E-state index contributed by atoms with van der Waals surface area (Å²) in [6.07, 6.45) is 0. The second-order valence-electron chi connectivity index (χ2n) is 3.54. The largest absolute Gasteiger partial charge is 0.379 e. The van der Waals surface area contributed by atoms with Crippen molar-refractivity contribution in [3.05, 3.63) is 40.9 Å².